The van der Waals surface area contributed by atoms with Gasteiger partial charge in [-0.15, -0.1) is 11.3 Å². The van der Waals surface area contributed by atoms with Crippen molar-refractivity contribution in [1.82, 2.24) is 0 Å². The maximum atomic E-state index is 11.1. The number of carboxylic acid groups (broad SMARTS) is 1. The number of thiophene rings is 1. The minimum Gasteiger partial charge on any atom is -0.477 e. The lowest BCUT2D eigenvalue weighted by Gasteiger charge is -1.94. The lowest BCUT2D eigenvalue weighted by Crippen LogP contribution is -1.93. The van der Waals surface area contributed by atoms with Gasteiger partial charge in [-0.25, -0.2) is 4.79 Å². The van der Waals surface area contributed by atoms with E-state index in [0.717, 1.165) is 5.39 Å². The third-order valence-electron chi connectivity index (χ3n) is 2.60. The summed E-state index contributed by atoms with van der Waals surface area (Å²) < 4.78 is 5.64. The van der Waals surface area contributed by atoms with Gasteiger partial charge < -0.3 is 9.52 Å². The molecule has 3 nitrogen and oxygen atoms in total. The van der Waals surface area contributed by atoms with Crippen molar-refractivity contribution < 1.29 is 14.3 Å². The Bertz CT molecular complexity index is 742. The average molecular weight is 279 g/mol. The Morgan fingerprint density at radius 1 is 1.28 bits per heavy atom. The Morgan fingerprint density at radius 3 is 2.89 bits per heavy atom. The van der Waals surface area contributed by atoms with Crippen LogP contribution in [-0.4, -0.2) is 11.1 Å². The summed E-state index contributed by atoms with van der Waals surface area (Å²) in [7, 11) is 0. The molecular formula is C13H7ClO3S. The van der Waals surface area contributed by atoms with E-state index in [1.165, 1.54) is 11.3 Å². The molecule has 0 bridgehead atoms. The standard InChI is InChI=1S/C13H7ClO3S/c14-8-1-2-10-7(5-8)6-11(17-10)9-3-4-18-12(9)13(15)16/h1-6H,(H,15,16). The van der Waals surface area contributed by atoms with Crippen molar-refractivity contribution in [3.05, 3.63) is 45.6 Å². The molecule has 0 aliphatic heterocycles. The molecule has 0 saturated carbocycles. The monoisotopic (exact) mass is 278 g/mol. The highest BCUT2D eigenvalue weighted by Gasteiger charge is 2.16. The fraction of sp³-hybridized carbons (Fsp3) is 0. The van der Waals surface area contributed by atoms with Crippen LogP contribution in [0.1, 0.15) is 9.67 Å². The summed E-state index contributed by atoms with van der Waals surface area (Å²) >= 11 is 7.08. The smallest absolute Gasteiger partial charge is 0.346 e. The van der Waals surface area contributed by atoms with E-state index in [2.05, 4.69) is 0 Å². The SMILES string of the molecule is O=C(O)c1sccc1-c1cc2cc(Cl)ccc2o1. The van der Waals surface area contributed by atoms with E-state index in [1.54, 1.807) is 35.7 Å². The molecule has 0 amide bonds. The first-order valence-electron chi connectivity index (χ1n) is 5.15. The van der Waals surface area contributed by atoms with Crippen LogP contribution in [-0.2, 0) is 0 Å². The van der Waals surface area contributed by atoms with E-state index in [-0.39, 0.29) is 4.88 Å². The van der Waals surface area contributed by atoms with Crippen molar-refractivity contribution in [2.45, 2.75) is 0 Å². The zero-order valence-corrected chi connectivity index (χ0v) is 10.6. The van der Waals surface area contributed by atoms with Crippen LogP contribution in [0.3, 0.4) is 0 Å². The second-order valence-electron chi connectivity index (χ2n) is 3.76. The first-order chi connectivity index (χ1) is 8.65. The van der Waals surface area contributed by atoms with Crippen LogP contribution in [0.4, 0.5) is 0 Å². The van der Waals surface area contributed by atoms with Crippen LogP contribution in [0, 0.1) is 0 Å². The number of rotatable bonds is 2. The molecule has 3 rings (SSSR count). The number of fused-ring (bicyclic) bond motifs is 1. The van der Waals surface area contributed by atoms with Crippen molar-refractivity contribution in [1.29, 1.82) is 0 Å². The number of halogens is 1. The molecule has 0 atom stereocenters. The van der Waals surface area contributed by atoms with Gasteiger partial charge in [0.05, 0.1) is 0 Å². The summed E-state index contributed by atoms with van der Waals surface area (Å²) in [6.45, 7) is 0. The summed E-state index contributed by atoms with van der Waals surface area (Å²) in [5, 5.41) is 12.3. The van der Waals surface area contributed by atoms with Crippen molar-refractivity contribution in [2.75, 3.05) is 0 Å². The Morgan fingerprint density at radius 2 is 2.11 bits per heavy atom. The molecule has 0 spiro atoms. The molecule has 0 aliphatic carbocycles. The van der Waals surface area contributed by atoms with Crippen LogP contribution in [0.2, 0.25) is 5.02 Å². The van der Waals surface area contributed by atoms with Gasteiger partial charge in [0, 0.05) is 16.0 Å². The fourth-order valence-corrected chi connectivity index (χ4v) is 2.73. The van der Waals surface area contributed by atoms with Gasteiger partial charge in [0.2, 0.25) is 0 Å². The van der Waals surface area contributed by atoms with Crippen molar-refractivity contribution >= 4 is 39.9 Å². The average Bonchev–Trinajstić information content (AvgIpc) is 2.93. The van der Waals surface area contributed by atoms with Crippen LogP contribution in [0.25, 0.3) is 22.3 Å². The molecule has 3 aromatic rings. The Labute approximate surface area is 111 Å². The minimum absolute atomic E-state index is 0.278. The van der Waals surface area contributed by atoms with Crippen molar-refractivity contribution in [2.24, 2.45) is 0 Å². The minimum atomic E-state index is -0.946. The van der Waals surface area contributed by atoms with Gasteiger partial charge in [0.15, 0.2) is 0 Å². The summed E-state index contributed by atoms with van der Waals surface area (Å²) in [5.41, 5.74) is 1.29. The number of benzene rings is 1. The van der Waals surface area contributed by atoms with Gasteiger partial charge >= 0.3 is 5.97 Å². The Kier molecular flexibility index (Phi) is 2.61. The highest BCUT2D eigenvalue weighted by molar-refractivity contribution is 7.12. The Hall–Kier alpha value is -1.78. The number of hydrogen-bond acceptors (Lipinski definition) is 3. The highest BCUT2D eigenvalue weighted by Crippen LogP contribution is 2.33. The topological polar surface area (TPSA) is 50.4 Å². The van der Waals surface area contributed by atoms with Crippen LogP contribution < -0.4 is 0 Å². The van der Waals surface area contributed by atoms with Crippen LogP contribution >= 0.6 is 22.9 Å². The molecule has 0 saturated heterocycles. The molecule has 0 unspecified atom stereocenters. The first-order valence-corrected chi connectivity index (χ1v) is 6.41. The Balaban J connectivity index is 2.19. The number of carboxylic acids is 1. The third-order valence-corrected chi connectivity index (χ3v) is 3.74. The maximum absolute atomic E-state index is 11.1. The molecule has 1 N–H and O–H groups in total. The van der Waals surface area contributed by atoms with Gasteiger partial charge in [0.1, 0.15) is 16.2 Å². The number of furan rings is 1. The molecular weight excluding hydrogens is 272 g/mol. The number of hydrogen-bond donors (Lipinski definition) is 1. The van der Waals surface area contributed by atoms with E-state index in [4.69, 9.17) is 21.1 Å². The summed E-state index contributed by atoms with van der Waals surface area (Å²) in [6, 6.07) is 8.84. The van der Waals surface area contributed by atoms with Gasteiger partial charge in [-0.05, 0) is 35.7 Å². The van der Waals surface area contributed by atoms with Crippen molar-refractivity contribution in [3.63, 3.8) is 0 Å². The van der Waals surface area contributed by atoms with Crippen LogP contribution in [0.5, 0.6) is 0 Å². The zero-order valence-electron chi connectivity index (χ0n) is 9.01. The molecule has 2 heterocycles. The fourth-order valence-electron chi connectivity index (χ4n) is 1.82. The van der Waals surface area contributed by atoms with Gasteiger partial charge in [-0.2, -0.15) is 0 Å². The van der Waals surface area contributed by atoms with E-state index in [9.17, 15) is 4.79 Å². The van der Waals surface area contributed by atoms with Gasteiger partial charge in [-0.1, -0.05) is 11.6 Å². The molecule has 1 aromatic carbocycles. The number of carbonyl (C=O) groups is 1. The van der Waals surface area contributed by atoms with Crippen molar-refractivity contribution in [3.8, 4) is 11.3 Å². The summed E-state index contributed by atoms with van der Waals surface area (Å²) in [4.78, 5) is 11.4. The third kappa shape index (κ3) is 1.79. The van der Waals surface area contributed by atoms with Crippen LogP contribution in [0.15, 0.2) is 40.1 Å². The number of aromatic carboxylic acids is 1. The molecule has 2 aromatic heterocycles. The quantitative estimate of drug-likeness (QED) is 0.750. The molecule has 0 aliphatic rings. The molecule has 90 valence electrons. The van der Waals surface area contributed by atoms with Gasteiger partial charge in [-0.3, -0.25) is 0 Å². The molecule has 0 radical (unpaired) electrons. The predicted octanol–water partition coefficient (Wildman–Crippen LogP) is 4.51. The second kappa shape index (κ2) is 4.15. The van der Waals surface area contributed by atoms with E-state index < -0.39 is 5.97 Å². The zero-order chi connectivity index (χ0) is 12.7. The largest absolute Gasteiger partial charge is 0.477 e. The van der Waals surface area contributed by atoms with E-state index >= 15 is 0 Å². The lowest BCUT2D eigenvalue weighted by atomic mass is 10.2. The molecule has 0 fully saturated rings. The molecule has 5 heteroatoms. The summed E-state index contributed by atoms with van der Waals surface area (Å²) in [5.74, 6) is -0.399. The highest BCUT2D eigenvalue weighted by atomic mass is 35.5. The van der Waals surface area contributed by atoms with E-state index in [1.807, 2.05) is 0 Å². The van der Waals surface area contributed by atoms with Gasteiger partial charge in [0.25, 0.3) is 0 Å². The second-order valence-corrected chi connectivity index (χ2v) is 5.11. The molecule has 18 heavy (non-hydrogen) atoms. The normalized spacial score (nSPS) is 10.9. The van der Waals surface area contributed by atoms with E-state index in [0.29, 0.717) is 21.9 Å². The summed E-state index contributed by atoms with van der Waals surface area (Å²) in [6.07, 6.45) is 0. The lowest BCUT2D eigenvalue weighted by molar-refractivity contribution is 0.0702. The first kappa shape index (κ1) is 11.3. The predicted molar refractivity (Wildman–Crippen MR) is 71.5 cm³/mol. The maximum Gasteiger partial charge on any atom is 0.346 e.